The maximum atomic E-state index is 5.91. The number of H-pyrrole nitrogens is 1. The smallest absolute Gasteiger partial charge is 0.141 e. The summed E-state index contributed by atoms with van der Waals surface area (Å²) in [5.41, 5.74) is 0. The van der Waals surface area contributed by atoms with E-state index in [9.17, 15) is 0 Å². The lowest BCUT2D eigenvalue weighted by atomic mass is 10.1. The Hall–Kier alpha value is -0.910. The maximum Gasteiger partial charge on any atom is 0.141 e. The number of likely N-dealkylation sites (N-methyl/N-ethyl adjacent to an activating group) is 1. The number of aromatic amines is 1. The van der Waals surface area contributed by atoms with Crippen molar-refractivity contribution in [2.24, 2.45) is 0 Å². The molecule has 2 aromatic rings. The SMILES string of the molecule is CCNC(Cc1ccc(Cl)s1)c1ncn[nH]1. The maximum absolute atomic E-state index is 5.91. The Morgan fingerprint density at radius 2 is 2.44 bits per heavy atom. The predicted molar refractivity (Wildman–Crippen MR) is 65.8 cm³/mol. The van der Waals surface area contributed by atoms with Crippen molar-refractivity contribution in [2.45, 2.75) is 19.4 Å². The van der Waals surface area contributed by atoms with E-state index in [1.807, 2.05) is 12.1 Å². The molecule has 0 amide bonds. The van der Waals surface area contributed by atoms with Crippen LogP contribution in [0.5, 0.6) is 0 Å². The zero-order valence-electron chi connectivity index (χ0n) is 8.90. The summed E-state index contributed by atoms with van der Waals surface area (Å²) in [6.45, 7) is 2.97. The molecule has 0 aliphatic heterocycles. The van der Waals surface area contributed by atoms with E-state index in [2.05, 4.69) is 27.4 Å². The third-order valence-electron chi connectivity index (χ3n) is 2.25. The molecule has 0 radical (unpaired) electrons. The molecule has 4 nitrogen and oxygen atoms in total. The van der Waals surface area contributed by atoms with Gasteiger partial charge < -0.3 is 5.32 Å². The summed E-state index contributed by atoms with van der Waals surface area (Å²) in [7, 11) is 0. The molecular weight excluding hydrogens is 244 g/mol. The van der Waals surface area contributed by atoms with Crippen LogP contribution in [0.3, 0.4) is 0 Å². The molecule has 0 fully saturated rings. The Kier molecular flexibility index (Phi) is 3.93. The highest BCUT2D eigenvalue weighted by Crippen LogP contribution is 2.25. The van der Waals surface area contributed by atoms with Crippen LogP contribution in [0.1, 0.15) is 23.7 Å². The summed E-state index contributed by atoms with van der Waals surface area (Å²) in [6.07, 6.45) is 2.40. The van der Waals surface area contributed by atoms with Crippen LogP contribution in [0.4, 0.5) is 0 Å². The van der Waals surface area contributed by atoms with Gasteiger partial charge in [-0.1, -0.05) is 18.5 Å². The molecule has 0 aliphatic carbocycles. The minimum Gasteiger partial charge on any atom is -0.307 e. The number of thiophene rings is 1. The zero-order valence-corrected chi connectivity index (χ0v) is 10.5. The second-order valence-corrected chi connectivity index (χ2v) is 5.19. The average Bonchev–Trinajstić information content (AvgIpc) is 2.88. The Morgan fingerprint density at radius 1 is 1.56 bits per heavy atom. The van der Waals surface area contributed by atoms with Crippen LogP contribution in [0, 0.1) is 0 Å². The molecule has 16 heavy (non-hydrogen) atoms. The lowest BCUT2D eigenvalue weighted by Crippen LogP contribution is -2.23. The van der Waals surface area contributed by atoms with Crippen molar-refractivity contribution in [3.63, 3.8) is 0 Å². The molecule has 0 saturated carbocycles. The highest BCUT2D eigenvalue weighted by molar-refractivity contribution is 7.16. The van der Waals surface area contributed by atoms with E-state index in [4.69, 9.17) is 11.6 Å². The van der Waals surface area contributed by atoms with E-state index in [0.717, 1.165) is 23.1 Å². The molecule has 1 unspecified atom stereocenters. The lowest BCUT2D eigenvalue weighted by molar-refractivity contribution is 0.526. The molecule has 0 saturated heterocycles. The monoisotopic (exact) mass is 256 g/mol. The van der Waals surface area contributed by atoms with Crippen LogP contribution >= 0.6 is 22.9 Å². The minimum absolute atomic E-state index is 0.169. The van der Waals surface area contributed by atoms with E-state index in [-0.39, 0.29) is 6.04 Å². The van der Waals surface area contributed by atoms with Gasteiger partial charge in [0.2, 0.25) is 0 Å². The van der Waals surface area contributed by atoms with Crippen molar-refractivity contribution in [1.82, 2.24) is 20.5 Å². The van der Waals surface area contributed by atoms with Gasteiger partial charge in [-0.3, -0.25) is 5.10 Å². The molecule has 0 aromatic carbocycles. The number of nitrogens with zero attached hydrogens (tertiary/aromatic N) is 2. The van der Waals surface area contributed by atoms with Crippen LogP contribution in [-0.4, -0.2) is 21.7 Å². The van der Waals surface area contributed by atoms with E-state index in [0.29, 0.717) is 0 Å². The fourth-order valence-corrected chi connectivity index (χ4v) is 2.69. The van der Waals surface area contributed by atoms with Crippen molar-refractivity contribution in [3.05, 3.63) is 33.5 Å². The highest BCUT2D eigenvalue weighted by atomic mass is 35.5. The molecule has 2 aromatic heterocycles. The summed E-state index contributed by atoms with van der Waals surface area (Å²) in [4.78, 5) is 5.42. The first-order valence-electron chi connectivity index (χ1n) is 5.12. The normalized spacial score (nSPS) is 12.9. The largest absolute Gasteiger partial charge is 0.307 e. The van der Waals surface area contributed by atoms with Gasteiger partial charge in [0, 0.05) is 11.3 Å². The molecule has 2 N–H and O–H groups in total. The van der Waals surface area contributed by atoms with Crippen LogP contribution in [0.25, 0.3) is 0 Å². The quantitative estimate of drug-likeness (QED) is 0.864. The van der Waals surface area contributed by atoms with Crippen LogP contribution in [0.15, 0.2) is 18.5 Å². The number of nitrogens with one attached hydrogen (secondary N) is 2. The van der Waals surface area contributed by atoms with Crippen LogP contribution in [0.2, 0.25) is 4.34 Å². The van der Waals surface area contributed by atoms with Gasteiger partial charge in [0.05, 0.1) is 10.4 Å². The van der Waals surface area contributed by atoms with E-state index >= 15 is 0 Å². The number of hydrogen-bond donors (Lipinski definition) is 2. The van der Waals surface area contributed by atoms with Gasteiger partial charge >= 0.3 is 0 Å². The summed E-state index contributed by atoms with van der Waals surface area (Å²) in [6, 6.07) is 4.14. The van der Waals surface area contributed by atoms with Crippen molar-refractivity contribution < 1.29 is 0 Å². The second-order valence-electron chi connectivity index (χ2n) is 3.39. The molecule has 86 valence electrons. The molecule has 0 bridgehead atoms. The fourth-order valence-electron chi connectivity index (χ4n) is 1.56. The van der Waals surface area contributed by atoms with E-state index in [1.54, 1.807) is 11.3 Å². The standard InChI is InChI=1S/C10H13ClN4S/c1-2-12-8(10-13-6-14-15-10)5-7-3-4-9(11)16-7/h3-4,6,8,12H,2,5H2,1H3,(H,13,14,15). The first-order valence-corrected chi connectivity index (χ1v) is 6.32. The number of hydrogen-bond acceptors (Lipinski definition) is 4. The third-order valence-corrected chi connectivity index (χ3v) is 3.50. The van der Waals surface area contributed by atoms with Crippen LogP contribution < -0.4 is 5.32 Å². The zero-order chi connectivity index (χ0) is 11.4. The van der Waals surface area contributed by atoms with Gasteiger partial charge in [-0.05, 0) is 18.7 Å². The Morgan fingerprint density at radius 3 is 3.00 bits per heavy atom. The molecule has 2 rings (SSSR count). The Bertz CT molecular complexity index is 426. The molecule has 2 heterocycles. The first kappa shape index (κ1) is 11.6. The van der Waals surface area contributed by atoms with Gasteiger partial charge in [-0.25, -0.2) is 4.98 Å². The molecular formula is C10H13ClN4S. The highest BCUT2D eigenvalue weighted by Gasteiger charge is 2.14. The van der Waals surface area contributed by atoms with E-state index < -0.39 is 0 Å². The molecule has 0 aliphatic rings. The summed E-state index contributed by atoms with van der Waals surface area (Å²) in [5.74, 6) is 0.867. The first-order chi connectivity index (χ1) is 7.79. The van der Waals surface area contributed by atoms with Gasteiger partial charge in [0.1, 0.15) is 12.2 Å². The average molecular weight is 257 g/mol. The van der Waals surface area contributed by atoms with Crippen molar-refractivity contribution in [2.75, 3.05) is 6.54 Å². The van der Waals surface area contributed by atoms with Gasteiger partial charge in [0.25, 0.3) is 0 Å². The predicted octanol–water partition coefficient (Wildman–Crippen LogP) is 2.41. The summed E-state index contributed by atoms with van der Waals surface area (Å²) < 4.78 is 0.822. The van der Waals surface area contributed by atoms with Crippen molar-refractivity contribution in [3.8, 4) is 0 Å². The van der Waals surface area contributed by atoms with Gasteiger partial charge in [-0.15, -0.1) is 11.3 Å². The Balaban J connectivity index is 2.09. The van der Waals surface area contributed by atoms with Gasteiger partial charge in [0.15, 0.2) is 0 Å². The number of rotatable bonds is 5. The molecule has 1 atom stereocenters. The molecule has 6 heteroatoms. The second kappa shape index (κ2) is 5.43. The fraction of sp³-hybridized carbons (Fsp3) is 0.400. The molecule has 0 spiro atoms. The third kappa shape index (κ3) is 2.81. The van der Waals surface area contributed by atoms with Crippen molar-refractivity contribution >= 4 is 22.9 Å². The topological polar surface area (TPSA) is 53.6 Å². The van der Waals surface area contributed by atoms with Gasteiger partial charge in [-0.2, -0.15) is 5.10 Å². The summed E-state index contributed by atoms with van der Waals surface area (Å²) in [5, 5.41) is 10.1. The number of aromatic nitrogens is 3. The van der Waals surface area contributed by atoms with Crippen molar-refractivity contribution in [1.29, 1.82) is 0 Å². The van der Waals surface area contributed by atoms with E-state index in [1.165, 1.54) is 11.2 Å². The Labute approximate surface area is 103 Å². The summed E-state index contributed by atoms with van der Waals surface area (Å²) >= 11 is 7.51. The number of halogens is 1. The van der Waals surface area contributed by atoms with Crippen LogP contribution in [-0.2, 0) is 6.42 Å². The minimum atomic E-state index is 0.169. The lowest BCUT2D eigenvalue weighted by Gasteiger charge is -2.13.